The summed E-state index contributed by atoms with van der Waals surface area (Å²) in [5, 5.41) is 0. The zero-order valence-electron chi connectivity index (χ0n) is 11.8. The largest absolute Gasteiger partial charge is 0.215 e. The van der Waals surface area contributed by atoms with Crippen LogP contribution in [0.2, 0.25) is 0 Å². The molecule has 5 heteroatoms. The standard InChI is InChI=1S/C16H18BrNO2S/c1-13(15-5-3-2-4-6-15)11-18-21(19,20)12-14-7-9-16(17)10-8-14/h2-10,13,18H,11-12H2,1H3/t13-/m1/s1. The van der Waals surface area contributed by atoms with Gasteiger partial charge in [0.15, 0.2) is 0 Å². The van der Waals surface area contributed by atoms with Crippen LogP contribution in [-0.2, 0) is 15.8 Å². The first kappa shape index (κ1) is 16.2. The van der Waals surface area contributed by atoms with Gasteiger partial charge in [0, 0.05) is 11.0 Å². The Morgan fingerprint density at radius 1 is 1.05 bits per heavy atom. The lowest BCUT2D eigenvalue weighted by molar-refractivity contribution is 0.574. The Hall–Kier alpha value is -1.17. The van der Waals surface area contributed by atoms with Crippen LogP contribution < -0.4 is 4.72 Å². The fourth-order valence-corrected chi connectivity index (χ4v) is 3.50. The number of hydrogen-bond acceptors (Lipinski definition) is 2. The number of rotatable bonds is 6. The topological polar surface area (TPSA) is 46.2 Å². The molecule has 0 bridgehead atoms. The number of nitrogens with one attached hydrogen (secondary N) is 1. The van der Waals surface area contributed by atoms with Crippen molar-refractivity contribution in [3.63, 3.8) is 0 Å². The number of halogens is 1. The van der Waals surface area contributed by atoms with Gasteiger partial charge in [0.2, 0.25) is 10.0 Å². The zero-order chi connectivity index (χ0) is 15.3. The van der Waals surface area contributed by atoms with E-state index in [-0.39, 0.29) is 11.7 Å². The summed E-state index contributed by atoms with van der Waals surface area (Å²) in [7, 11) is -3.32. The van der Waals surface area contributed by atoms with Crippen molar-refractivity contribution in [1.29, 1.82) is 0 Å². The van der Waals surface area contributed by atoms with Gasteiger partial charge >= 0.3 is 0 Å². The summed E-state index contributed by atoms with van der Waals surface area (Å²) >= 11 is 3.34. The molecular formula is C16H18BrNO2S. The Kier molecular flexibility index (Phi) is 5.56. The van der Waals surface area contributed by atoms with Crippen molar-refractivity contribution in [3.05, 3.63) is 70.2 Å². The minimum Gasteiger partial charge on any atom is -0.214 e. The van der Waals surface area contributed by atoms with E-state index in [2.05, 4.69) is 20.7 Å². The molecule has 0 heterocycles. The van der Waals surface area contributed by atoms with Crippen molar-refractivity contribution in [2.24, 2.45) is 0 Å². The van der Waals surface area contributed by atoms with Crippen LogP contribution in [0.15, 0.2) is 59.1 Å². The molecule has 0 fully saturated rings. The lowest BCUT2D eigenvalue weighted by Crippen LogP contribution is -2.28. The lowest BCUT2D eigenvalue weighted by Gasteiger charge is -2.13. The predicted octanol–water partition coefficient (Wildman–Crippen LogP) is 3.67. The third-order valence-electron chi connectivity index (χ3n) is 3.25. The molecule has 0 aliphatic carbocycles. The zero-order valence-corrected chi connectivity index (χ0v) is 14.2. The van der Waals surface area contributed by atoms with E-state index in [1.165, 1.54) is 0 Å². The molecule has 0 saturated carbocycles. The third kappa shape index (κ3) is 5.26. The number of hydrogen-bond donors (Lipinski definition) is 1. The van der Waals surface area contributed by atoms with Gasteiger partial charge in [0.25, 0.3) is 0 Å². The van der Waals surface area contributed by atoms with Crippen LogP contribution in [0.4, 0.5) is 0 Å². The molecule has 21 heavy (non-hydrogen) atoms. The Labute approximate surface area is 134 Å². The first-order valence-electron chi connectivity index (χ1n) is 6.73. The summed E-state index contributed by atoms with van der Waals surface area (Å²) in [6.07, 6.45) is 0. The first-order chi connectivity index (χ1) is 9.96. The highest BCUT2D eigenvalue weighted by atomic mass is 79.9. The maximum absolute atomic E-state index is 12.1. The van der Waals surface area contributed by atoms with E-state index in [1.54, 1.807) is 0 Å². The van der Waals surface area contributed by atoms with Gasteiger partial charge in [-0.3, -0.25) is 0 Å². The second-order valence-electron chi connectivity index (χ2n) is 5.05. The second-order valence-corrected chi connectivity index (χ2v) is 7.77. The van der Waals surface area contributed by atoms with Gasteiger partial charge in [0.05, 0.1) is 5.75 Å². The molecule has 1 N–H and O–H groups in total. The van der Waals surface area contributed by atoms with Crippen LogP contribution in [0.5, 0.6) is 0 Å². The van der Waals surface area contributed by atoms with Crippen molar-refractivity contribution in [1.82, 2.24) is 4.72 Å². The Morgan fingerprint density at radius 2 is 1.67 bits per heavy atom. The van der Waals surface area contributed by atoms with E-state index >= 15 is 0 Å². The molecule has 0 aromatic heterocycles. The van der Waals surface area contributed by atoms with Crippen molar-refractivity contribution in [2.45, 2.75) is 18.6 Å². The van der Waals surface area contributed by atoms with Crippen LogP contribution in [0, 0.1) is 0 Å². The molecular weight excluding hydrogens is 350 g/mol. The molecule has 0 saturated heterocycles. The summed E-state index contributed by atoms with van der Waals surface area (Å²) in [5.74, 6) is 0.146. The Balaban J connectivity index is 1.94. The number of sulfonamides is 1. The van der Waals surface area contributed by atoms with E-state index in [4.69, 9.17) is 0 Å². The first-order valence-corrected chi connectivity index (χ1v) is 9.17. The van der Waals surface area contributed by atoms with Gasteiger partial charge in [-0.2, -0.15) is 0 Å². The monoisotopic (exact) mass is 367 g/mol. The van der Waals surface area contributed by atoms with Gasteiger partial charge in [-0.05, 0) is 29.2 Å². The van der Waals surface area contributed by atoms with Crippen molar-refractivity contribution in [2.75, 3.05) is 6.54 Å². The molecule has 0 spiro atoms. The number of benzene rings is 2. The van der Waals surface area contributed by atoms with E-state index in [1.807, 2.05) is 61.5 Å². The fourth-order valence-electron chi connectivity index (χ4n) is 2.00. The summed E-state index contributed by atoms with van der Waals surface area (Å²) < 4.78 is 27.8. The molecule has 0 radical (unpaired) electrons. The van der Waals surface area contributed by atoms with Crippen molar-refractivity contribution in [3.8, 4) is 0 Å². The van der Waals surface area contributed by atoms with Gasteiger partial charge in [-0.1, -0.05) is 65.3 Å². The molecule has 2 aromatic carbocycles. The van der Waals surface area contributed by atoms with E-state index in [0.29, 0.717) is 6.54 Å². The molecule has 1 atom stereocenters. The molecule has 0 aliphatic heterocycles. The molecule has 2 aromatic rings. The normalized spacial score (nSPS) is 13.0. The van der Waals surface area contributed by atoms with Gasteiger partial charge in [0.1, 0.15) is 0 Å². The van der Waals surface area contributed by atoms with Crippen molar-refractivity contribution < 1.29 is 8.42 Å². The van der Waals surface area contributed by atoms with Crippen LogP contribution >= 0.6 is 15.9 Å². The molecule has 0 amide bonds. The minimum atomic E-state index is -3.32. The smallest absolute Gasteiger partial charge is 0.214 e. The minimum absolute atomic E-state index is 0.00178. The molecule has 2 rings (SSSR count). The highest BCUT2D eigenvalue weighted by Gasteiger charge is 2.13. The SMILES string of the molecule is C[C@H](CNS(=O)(=O)Cc1ccc(Br)cc1)c1ccccc1. The lowest BCUT2D eigenvalue weighted by atomic mass is 10.0. The molecule has 3 nitrogen and oxygen atoms in total. The van der Waals surface area contributed by atoms with E-state index in [9.17, 15) is 8.42 Å². The highest BCUT2D eigenvalue weighted by molar-refractivity contribution is 9.10. The highest BCUT2D eigenvalue weighted by Crippen LogP contribution is 2.15. The fraction of sp³-hybridized carbons (Fsp3) is 0.250. The molecule has 112 valence electrons. The summed E-state index contributed by atoms with van der Waals surface area (Å²) in [6.45, 7) is 2.42. The van der Waals surface area contributed by atoms with Crippen LogP contribution in [-0.4, -0.2) is 15.0 Å². The van der Waals surface area contributed by atoms with E-state index in [0.717, 1.165) is 15.6 Å². The summed E-state index contributed by atoms with van der Waals surface area (Å²) in [5.41, 5.74) is 1.90. The second kappa shape index (κ2) is 7.20. The van der Waals surface area contributed by atoms with Crippen LogP contribution in [0.25, 0.3) is 0 Å². The Bertz CT molecular complexity index is 669. The summed E-state index contributed by atoms with van der Waals surface area (Å²) in [4.78, 5) is 0. The quantitative estimate of drug-likeness (QED) is 0.846. The van der Waals surface area contributed by atoms with Crippen molar-refractivity contribution >= 4 is 26.0 Å². The maximum atomic E-state index is 12.1. The molecule has 0 unspecified atom stereocenters. The van der Waals surface area contributed by atoms with Crippen LogP contribution in [0.3, 0.4) is 0 Å². The van der Waals surface area contributed by atoms with Gasteiger partial charge in [-0.25, -0.2) is 13.1 Å². The predicted molar refractivity (Wildman–Crippen MR) is 89.6 cm³/mol. The van der Waals surface area contributed by atoms with Gasteiger partial charge in [-0.15, -0.1) is 0 Å². The van der Waals surface area contributed by atoms with Gasteiger partial charge < -0.3 is 0 Å². The average Bonchev–Trinajstić information content (AvgIpc) is 2.48. The average molecular weight is 368 g/mol. The van der Waals surface area contributed by atoms with Crippen LogP contribution in [0.1, 0.15) is 24.0 Å². The summed E-state index contributed by atoms with van der Waals surface area (Å²) in [6, 6.07) is 17.2. The van der Waals surface area contributed by atoms with E-state index < -0.39 is 10.0 Å². The third-order valence-corrected chi connectivity index (χ3v) is 5.10. The Morgan fingerprint density at radius 3 is 2.29 bits per heavy atom. The maximum Gasteiger partial charge on any atom is 0.215 e. The molecule has 0 aliphatic rings.